The molecule has 0 amide bonds. The van der Waals surface area contributed by atoms with Gasteiger partial charge >= 0.3 is 0 Å². The van der Waals surface area contributed by atoms with Crippen molar-refractivity contribution < 1.29 is 0 Å². The summed E-state index contributed by atoms with van der Waals surface area (Å²) in [6, 6.07) is 2.22. The summed E-state index contributed by atoms with van der Waals surface area (Å²) < 4.78 is 1.88. The maximum absolute atomic E-state index is 5.59. The van der Waals surface area contributed by atoms with Gasteiger partial charge in [0.15, 0.2) is 0 Å². The largest absolute Gasteiger partial charge is 0.271 e. The Morgan fingerprint density at radius 1 is 1.60 bits per heavy atom. The number of nitrogens with zero attached hydrogens (tertiary/aromatic N) is 2. The number of hydrogen-bond donors (Lipinski definition) is 2. The van der Waals surface area contributed by atoms with Gasteiger partial charge in [-0.3, -0.25) is 16.0 Å². The molecule has 15 heavy (non-hydrogen) atoms. The molecule has 4 heteroatoms. The van der Waals surface area contributed by atoms with Crippen LogP contribution in [0.25, 0.3) is 0 Å². The normalized spacial score (nSPS) is 15.2. The van der Waals surface area contributed by atoms with Crippen LogP contribution in [0.2, 0.25) is 0 Å². The minimum Gasteiger partial charge on any atom is -0.271 e. The molecular weight excluding hydrogens is 188 g/mol. The molecule has 4 nitrogen and oxygen atoms in total. The summed E-state index contributed by atoms with van der Waals surface area (Å²) in [6.07, 6.45) is 5.34. The number of hydrazine groups is 1. The summed E-state index contributed by atoms with van der Waals surface area (Å²) >= 11 is 0. The summed E-state index contributed by atoms with van der Waals surface area (Å²) in [5.74, 6) is 6.27. The van der Waals surface area contributed by atoms with Crippen LogP contribution in [0.15, 0.2) is 12.3 Å². The molecule has 0 aliphatic rings. The summed E-state index contributed by atoms with van der Waals surface area (Å²) in [7, 11) is 1.95. The van der Waals surface area contributed by atoms with E-state index in [1.165, 1.54) is 12.8 Å². The second-order valence-corrected chi connectivity index (χ2v) is 4.23. The van der Waals surface area contributed by atoms with Gasteiger partial charge in [-0.25, -0.2) is 0 Å². The van der Waals surface area contributed by atoms with Crippen molar-refractivity contribution in [3.05, 3.63) is 18.0 Å². The molecule has 0 saturated heterocycles. The molecule has 0 bridgehead atoms. The molecule has 0 aliphatic carbocycles. The fourth-order valence-electron chi connectivity index (χ4n) is 2.01. The van der Waals surface area contributed by atoms with Crippen molar-refractivity contribution in [3.63, 3.8) is 0 Å². The lowest BCUT2D eigenvalue weighted by Gasteiger charge is -2.20. The van der Waals surface area contributed by atoms with E-state index in [4.69, 9.17) is 5.84 Å². The molecule has 1 heterocycles. The smallest absolute Gasteiger partial charge is 0.0631 e. The molecule has 0 saturated carbocycles. The second-order valence-electron chi connectivity index (χ2n) is 4.23. The van der Waals surface area contributed by atoms with Crippen LogP contribution in [0.4, 0.5) is 0 Å². The van der Waals surface area contributed by atoms with E-state index in [0.717, 1.165) is 12.1 Å². The predicted molar refractivity (Wildman–Crippen MR) is 62.0 cm³/mol. The molecule has 1 rings (SSSR count). The van der Waals surface area contributed by atoms with Crippen molar-refractivity contribution in [2.75, 3.05) is 0 Å². The van der Waals surface area contributed by atoms with Crippen LogP contribution in [-0.2, 0) is 7.05 Å². The molecule has 3 N–H and O–H groups in total. The fourth-order valence-corrected chi connectivity index (χ4v) is 2.01. The molecule has 0 fully saturated rings. The van der Waals surface area contributed by atoms with Crippen molar-refractivity contribution >= 4 is 0 Å². The number of aromatic nitrogens is 2. The van der Waals surface area contributed by atoms with Gasteiger partial charge in [0.25, 0.3) is 0 Å². The van der Waals surface area contributed by atoms with E-state index < -0.39 is 0 Å². The third kappa shape index (κ3) is 3.32. The fraction of sp³-hybridized carbons (Fsp3) is 0.727. The Kier molecular flexibility index (Phi) is 4.78. The number of nitrogens with one attached hydrogen (secondary N) is 1. The Hall–Kier alpha value is -0.870. The average molecular weight is 210 g/mol. The van der Waals surface area contributed by atoms with Crippen LogP contribution in [0.1, 0.15) is 44.8 Å². The van der Waals surface area contributed by atoms with E-state index >= 15 is 0 Å². The molecule has 0 radical (unpaired) electrons. The van der Waals surface area contributed by atoms with Crippen LogP contribution in [-0.4, -0.2) is 9.78 Å². The molecular formula is C11H22N4. The molecule has 0 aromatic carbocycles. The first-order valence-corrected chi connectivity index (χ1v) is 5.63. The lowest BCUT2D eigenvalue weighted by Crippen LogP contribution is -2.30. The monoisotopic (exact) mass is 210 g/mol. The van der Waals surface area contributed by atoms with Gasteiger partial charge in [0.1, 0.15) is 0 Å². The molecule has 86 valence electrons. The highest BCUT2D eigenvalue weighted by atomic mass is 15.3. The lowest BCUT2D eigenvalue weighted by atomic mass is 9.96. The van der Waals surface area contributed by atoms with Gasteiger partial charge in [-0.2, -0.15) is 5.10 Å². The van der Waals surface area contributed by atoms with Gasteiger partial charge < -0.3 is 0 Å². The number of rotatable bonds is 6. The number of hydrogen-bond acceptors (Lipinski definition) is 3. The Balaban J connectivity index is 2.60. The molecule has 2 atom stereocenters. The van der Waals surface area contributed by atoms with Crippen molar-refractivity contribution in [1.29, 1.82) is 0 Å². The van der Waals surface area contributed by atoms with Crippen LogP contribution in [0, 0.1) is 5.92 Å². The SMILES string of the molecule is CCCC(C)CC(NN)c1ccnn1C. The summed E-state index contributed by atoms with van der Waals surface area (Å²) in [5, 5.41) is 4.16. The molecule has 0 spiro atoms. The third-order valence-corrected chi connectivity index (χ3v) is 2.84. The maximum atomic E-state index is 5.59. The Morgan fingerprint density at radius 2 is 2.33 bits per heavy atom. The first kappa shape index (κ1) is 12.2. The molecule has 0 aliphatic heterocycles. The second kappa shape index (κ2) is 5.88. The minimum absolute atomic E-state index is 0.207. The van der Waals surface area contributed by atoms with Crippen LogP contribution in [0.3, 0.4) is 0 Å². The highest BCUT2D eigenvalue weighted by Crippen LogP contribution is 2.22. The quantitative estimate of drug-likeness (QED) is 0.555. The van der Waals surface area contributed by atoms with Gasteiger partial charge in [0.05, 0.1) is 11.7 Å². The molecule has 2 unspecified atom stereocenters. The van der Waals surface area contributed by atoms with Crippen molar-refractivity contribution in [2.45, 2.75) is 39.2 Å². The Labute approximate surface area is 91.8 Å². The zero-order chi connectivity index (χ0) is 11.3. The van der Waals surface area contributed by atoms with E-state index in [0.29, 0.717) is 5.92 Å². The third-order valence-electron chi connectivity index (χ3n) is 2.84. The average Bonchev–Trinajstić information content (AvgIpc) is 2.61. The topological polar surface area (TPSA) is 55.9 Å². The number of aryl methyl sites for hydroxylation is 1. The highest BCUT2D eigenvalue weighted by molar-refractivity contribution is 5.06. The predicted octanol–water partition coefficient (Wildman–Crippen LogP) is 1.75. The zero-order valence-corrected chi connectivity index (χ0v) is 9.90. The summed E-state index contributed by atoms with van der Waals surface area (Å²) in [4.78, 5) is 0. The first-order chi connectivity index (χ1) is 7.19. The highest BCUT2D eigenvalue weighted by Gasteiger charge is 2.16. The summed E-state index contributed by atoms with van der Waals surface area (Å²) in [6.45, 7) is 4.48. The first-order valence-electron chi connectivity index (χ1n) is 5.63. The van der Waals surface area contributed by atoms with Crippen molar-refractivity contribution in [2.24, 2.45) is 18.8 Å². The van der Waals surface area contributed by atoms with E-state index in [-0.39, 0.29) is 6.04 Å². The Bertz CT molecular complexity index is 282. The molecule has 1 aromatic heterocycles. The van der Waals surface area contributed by atoms with Crippen LogP contribution >= 0.6 is 0 Å². The van der Waals surface area contributed by atoms with Crippen LogP contribution < -0.4 is 11.3 Å². The van der Waals surface area contributed by atoms with Crippen LogP contribution in [0.5, 0.6) is 0 Å². The lowest BCUT2D eigenvalue weighted by molar-refractivity contribution is 0.380. The Morgan fingerprint density at radius 3 is 2.80 bits per heavy atom. The van der Waals surface area contributed by atoms with Gasteiger partial charge in [-0.15, -0.1) is 0 Å². The van der Waals surface area contributed by atoms with E-state index in [9.17, 15) is 0 Å². The zero-order valence-electron chi connectivity index (χ0n) is 9.90. The van der Waals surface area contributed by atoms with Gasteiger partial charge in [-0.1, -0.05) is 26.7 Å². The van der Waals surface area contributed by atoms with E-state index in [1.807, 2.05) is 24.0 Å². The van der Waals surface area contributed by atoms with Gasteiger partial charge in [-0.05, 0) is 18.4 Å². The van der Waals surface area contributed by atoms with E-state index in [1.54, 1.807) is 0 Å². The summed E-state index contributed by atoms with van der Waals surface area (Å²) in [5.41, 5.74) is 4.03. The van der Waals surface area contributed by atoms with Gasteiger partial charge in [0.2, 0.25) is 0 Å². The molecule has 1 aromatic rings. The van der Waals surface area contributed by atoms with Crippen molar-refractivity contribution in [1.82, 2.24) is 15.2 Å². The van der Waals surface area contributed by atoms with E-state index in [2.05, 4.69) is 24.4 Å². The minimum atomic E-state index is 0.207. The standard InChI is InChI=1S/C11H22N4/c1-4-5-9(2)8-10(14-12)11-6-7-13-15(11)3/h6-7,9-10,14H,4-5,8,12H2,1-3H3. The van der Waals surface area contributed by atoms with Crippen molar-refractivity contribution in [3.8, 4) is 0 Å². The number of nitrogens with two attached hydrogens (primary N) is 1. The maximum Gasteiger partial charge on any atom is 0.0631 e. The van der Waals surface area contributed by atoms with Gasteiger partial charge in [0, 0.05) is 13.2 Å².